The lowest BCUT2D eigenvalue weighted by molar-refractivity contribution is 1.79. The zero-order valence-electron chi connectivity index (χ0n) is 3.24. The maximum Gasteiger partial charge on any atom is 0 e. The Hall–Kier alpha value is 0.986. The molecular formula is C3H5BrMg. The van der Waals surface area contributed by atoms with E-state index in [4.69, 9.17) is 0 Å². The summed E-state index contributed by atoms with van der Waals surface area (Å²) in [6.45, 7) is 1.95. The Morgan fingerprint density at radius 3 is 1.80 bits per heavy atom. The first kappa shape index (κ1) is 9.37. The van der Waals surface area contributed by atoms with E-state index < -0.39 is 0 Å². The van der Waals surface area contributed by atoms with Gasteiger partial charge < -0.3 is 0 Å². The highest BCUT2D eigenvalue weighted by molar-refractivity contribution is 9.11. The second kappa shape index (κ2) is 8.88. The van der Waals surface area contributed by atoms with Crippen LogP contribution in [0, 0.1) is 0 Å². The summed E-state index contributed by atoms with van der Waals surface area (Å²) in [6, 6.07) is 0. The van der Waals surface area contributed by atoms with Gasteiger partial charge in [-0.2, -0.15) is 0 Å². The number of allylic oxidation sites excluding steroid dienone is 1. The first-order valence-corrected chi connectivity index (χ1v) is 2.04. The van der Waals surface area contributed by atoms with Crippen LogP contribution < -0.4 is 0 Å². The van der Waals surface area contributed by atoms with E-state index in [1.54, 1.807) is 0 Å². The topological polar surface area (TPSA) is 0 Å². The normalized spacial score (nSPS) is 7.60. The predicted octanol–water partition coefficient (Wildman–Crippen LogP) is 1.53. The highest BCUT2D eigenvalue weighted by atomic mass is 79.9. The molecule has 0 aromatic carbocycles. The van der Waals surface area contributed by atoms with E-state index in [1.165, 1.54) is 0 Å². The Labute approximate surface area is 56.9 Å². The van der Waals surface area contributed by atoms with Crippen molar-refractivity contribution in [3.63, 3.8) is 0 Å². The molecule has 0 saturated heterocycles. The van der Waals surface area contributed by atoms with Crippen molar-refractivity contribution >= 4 is 39.0 Å². The monoisotopic (exact) mass is 144 g/mol. The third-order valence-corrected chi connectivity index (χ3v) is 0.655. The van der Waals surface area contributed by atoms with Crippen molar-refractivity contribution in [3.8, 4) is 0 Å². The molecule has 0 atom stereocenters. The lowest BCUT2D eigenvalue weighted by Crippen LogP contribution is -1.19. The predicted molar refractivity (Wildman–Crippen MR) is 29.5 cm³/mol. The quantitative estimate of drug-likeness (QED) is 0.454. The Morgan fingerprint density at radius 1 is 1.60 bits per heavy atom. The van der Waals surface area contributed by atoms with Crippen molar-refractivity contribution in [1.82, 2.24) is 0 Å². The zero-order chi connectivity index (χ0) is 3.41. The molecule has 0 aliphatic rings. The van der Waals surface area contributed by atoms with Crippen LogP contribution in [0.5, 0.6) is 0 Å². The molecule has 0 nitrogen and oxygen atoms in total. The van der Waals surface area contributed by atoms with Gasteiger partial charge in [0.05, 0.1) is 0 Å². The lowest BCUT2D eigenvalue weighted by atomic mass is 10.8. The summed E-state index contributed by atoms with van der Waals surface area (Å²) in [6.07, 6.45) is 1.92. The summed E-state index contributed by atoms with van der Waals surface area (Å²) >= 11 is 3.07. The molecule has 0 aliphatic heterocycles. The van der Waals surface area contributed by atoms with E-state index in [-0.39, 0.29) is 23.1 Å². The molecule has 0 rings (SSSR count). The molecule has 2 radical (unpaired) electrons. The maximum atomic E-state index is 3.07. The highest BCUT2D eigenvalue weighted by Crippen LogP contribution is 1.76. The molecule has 0 amide bonds. The summed E-state index contributed by atoms with van der Waals surface area (Å²) < 4.78 is 0. The molecule has 0 fully saturated rings. The minimum atomic E-state index is 0. The van der Waals surface area contributed by atoms with E-state index in [9.17, 15) is 0 Å². The van der Waals surface area contributed by atoms with Crippen LogP contribution in [0.15, 0.2) is 11.1 Å². The molecule has 0 bridgehead atoms. The second-order valence-corrected chi connectivity index (χ2v) is 0.988. The van der Waals surface area contributed by atoms with Crippen molar-refractivity contribution in [2.75, 3.05) is 0 Å². The number of rotatable bonds is 0. The Balaban J connectivity index is 0. The standard InChI is InChI=1S/C3H5Br.Mg/c1-2-3-4;/h2-3H,1H3;. The molecule has 0 N–H and O–H groups in total. The fraction of sp³-hybridized carbons (Fsp3) is 0.333. The van der Waals surface area contributed by atoms with Crippen molar-refractivity contribution in [1.29, 1.82) is 0 Å². The Bertz CT molecular complexity index is 22.1. The van der Waals surface area contributed by atoms with Gasteiger partial charge in [-0.3, -0.25) is 0 Å². The van der Waals surface area contributed by atoms with Gasteiger partial charge in [-0.1, -0.05) is 22.0 Å². The van der Waals surface area contributed by atoms with Crippen LogP contribution in [0.2, 0.25) is 0 Å². The van der Waals surface area contributed by atoms with Crippen LogP contribution in [0.3, 0.4) is 0 Å². The van der Waals surface area contributed by atoms with Gasteiger partial charge in [0.15, 0.2) is 0 Å². The second-order valence-electron chi connectivity index (χ2n) is 0.459. The fourth-order valence-corrected chi connectivity index (χ4v) is 0. The van der Waals surface area contributed by atoms with Crippen LogP contribution in [0.4, 0.5) is 0 Å². The van der Waals surface area contributed by atoms with Gasteiger partial charge in [-0.15, -0.1) is 0 Å². The summed E-state index contributed by atoms with van der Waals surface area (Å²) in [7, 11) is 0. The van der Waals surface area contributed by atoms with Gasteiger partial charge in [0.1, 0.15) is 0 Å². The highest BCUT2D eigenvalue weighted by Gasteiger charge is 1.36. The molecular weight excluding hydrogens is 140 g/mol. The molecule has 0 heterocycles. The van der Waals surface area contributed by atoms with Crippen LogP contribution in [0.25, 0.3) is 0 Å². The average molecular weight is 145 g/mol. The first-order chi connectivity index (χ1) is 1.91. The summed E-state index contributed by atoms with van der Waals surface area (Å²) in [5.74, 6) is 0. The number of hydrogen-bond acceptors (Lipinski definition) is 0. The third-order valence-electron chi connectivity index (χ3n) is 0.126. The molecule has 0 aliphatic carbocycles. The van der Waals surface area contributed by atoms with Crippen molar-refractivity contribution < 1.29 is 0 Å². The minimum absolute atomic E-state index is 0. The van der Waals surface area contributed by atoms with Crippen molar-refractivity contribution in [2.24, 2.45) is 0 Å². The fourth-order valence-electron chi connectivity index (χ4n) is 0. The molecule has 0 unspecified atom stereocenters. The third kappa shape index (κ3) is 11.3. The lowest BCUT2D eigenvalue weighted by Gasteiger charge is -1.47. The summed E-state index contributed by atoms with van der Waals surface area (Å²) in [5.41, 5.74) is 0. The summed E-state index contributed by atoms with van der Waals surface area (Å²) in [5, 5.41) is 0. The van der Waals surface area contributed by atoms with Crippen LogP contribution >= 0.6 is 15.9 Å². The maximum absolute atomic E-state index is 3.07. The van der Waals surface area contributed by atoms with Gasteiger partial charge in [0.2, 0.25) is 0 Å². The molecule has 0 saturated carbocycles. The van der Waals surface area contributed by atoms with E-state index in [0.717, 1.165) is 0 Å². The molecule has 0 aromatic heterocycles. The van der Waals surface area contributed by atoms with E-state index in [1.807, 2.05) is 18.0 Å². The van der Waals surface area contributed by atoms with Gasteiger partial charge in [-0.05, 0) is 11.9 Å². The van der Waals surface area contributed by atoms with Gasteiger partial charge in [0, 0.05) is 23.1 Å². The smallest absolute Gasteiger partial charge is 0 e. The molecule has 0 spiro atoms. The molecule has 5 heavy (non-hydrogen) atoms. The van der Waals surface area contributed by atoms with Gasteiger partial charge in [0.25, 0.3) is 0 Å². The molecule has 2 heteroatoms. The first-order valence-electron chi connectivity index (χ1n) is 1.13. The molecule has 26 valence electrons. The zero-order valence-corrected chi connectivity index (χ0v) is 6.24. The van der Waals surface area contributed by atoms with E-state index in [2.05, 4.69) is 15.9 Å². The summed E-state index contributed by atoms with van der Waals surface area (Å²) in [4.78, 5) is 1.81. The average Bonchev–Trinajstić information content (AvgIpc) is 1.37. The minimum Gasteiger partial charge on any atom is -0.0807 e. The Morgan fingerprint density at radius 2 is 1.80 bits per heavy atom. The number of hydrogen-bond donors (Lipinski definition) is 0. The van der Waals surface area contributed by atoms with Gasteiger partial charge in [-0.25, -0.2) is 0 Å². The number of halogens is 1. The van der Waals surface area contributed by atoms with Crippen LogP contribution in [-0.2, 0) is 0 Å². The largest absolute Gasteiger partial charge is 0.0807 e. The molecule has 0 aromatic rings. The van der Waals surface area contributed by atoms with Crippen LogP contribution in [0.1, 0.15) is 6.92 Å². The Kier molecular flexibility index (Phi) is 16.6. The SMILES string of the molecule is CC=CBr.[Mg]. The van der Waals surface area contributed by atoms with Gasteiger partial charge >= 0.3 is 0 Å². The van der Waals surface area contributed by atoms with E-state index >= 15 is 0 Å². The van der Waals surface area contributed by atoms with Crippen LogP contribution in [-0.4, -0.2) is 23.1 Å². The van der Waals surface area contributed by atoms with E-state index in [0.29, 0.717) is 0 Å². The van der Waals surface area contributed by atoms with Crippen molar-refractivity contribution in [2.45, 2.75) is 6.92 Å². The van der Waals surface area contributed by atoms with Crippen molar-refractivity contribution in [3.05, 3.63) is 11.1 Å².